The third kappa shape index (κ3) is 13.4. The van der Waals surface area contributed by atoms with Crippen molar-refractivity contribution in [3.8, 4) is 0 Å². The van der Waals surface area contributed by atoms with Gasteiger partial charge in [-0.1, -0.05) is 0 Å². The van der Waals surface area contributed by atoms with Crippen molar-refractivity contribution in [3.05, 3.63) is 0 Å². The molecule has 0 saturated heterocycles. The average molecular weight is 331 g/mol. The van der Waals surface area contributed by atoms with Gasteiger partial charge in [0, 0.05) is 0 Å². The van der Waals surface area contributed by atoms with Crippen molar-refractivity contribution in [3.63, 3.8) is 0 Å². The minimum Gasteiger partial charge on any atom is -1.00 e. The summed E-state index contributed by atoms with van der Waals surface area (Å²) in [6.07, 6.45) is -2.29. The summed E-state index contributed by atoms with van der Waals surface area (Å²) in [5.41, 5.74) is -2.74. The third-order valence-corrected chi connectivity index (χ3v) is 1.92. The molecule has 5 N–H and O–H groups in total. The van der Waals surface area contributed by atoms with Crippen LogP contribution in [0.4, 0.5) is 0 Å². The number of carbonyl (C=O) groups is 3. The molecule has 20 heavy (non-hydrogen) atoms. The van der Waals surface area contributed by atoms with Gasteiger partial charge in [-0.15, -0.1) is 0 Å². The summed E-state index contributed by atoms with van der Waals surface area (Å²) >= 11 is 0. The van der Waals surface area contributed by atoms with E-state index in [4.69, 9.17) is 25.0 Å². The third-order valence-electron chi connectivity index (χ3n) is 1.50. The van der Waals surface area contributed by atoms with Gasteiger partial charge in [0.05, 0.1) is 20.0 Å². The van der Waals surface area contributed by atoms with Crippen molar-refractivity contribution < 1.29 is 54.8 Å². The van der Waals surface area contributed by atoms with Crippen molar-refractivity contribution in [1.29, 1.82) is 0 Å². The topological polar surface area (TPSA) is 196 Å². The molecule has 0 fully saturated rings. The normalized spacial score (nSPS) is 10.6. The van der Waals surface area contributed by atoms with Crippen LogP contribution in [0, 0.1) is 0 Å². The van der Waals surface area contributed by atoms with Crippen LogP contribution in [0.5, 0.6) is 0 Å². The summed E-state index contributed by atoms with van der Waals surface area (Å²) in [6, 6.07) is 0. The molecule has 0 atom stereocenters. The van der Waals surface area contributed by atoms with E-state index in [0.29, 0.717) is 0 Å². The molecule has 0 amide bonds. The number of rotatable bonds is 6. The summed E-state index contributed by atoms with van der Waals surface area (Å²) in [6.45, 7) is 0. The molecule has 0 bridgehead atoms. The van der Waals surface area contributed by atoms with Crippen LogP contribution in [0.1, 0.15) is 15.7 Å². The van der Waals surface area contributed by atoms with Crippen molar-refractivity contribution in [2.24, 2.45) is 0 Å². The van der Waals surface area contributed by atoms with E-state index in [0.717, 1.165) is 7.11 Å². The molecular weight excluding hydrogens is 316 g/mol. The molecule has 0 unspecified atom stereocenters. The van der Waals surface area contributed by atoms with E-state index in [1.807, 2.05) is 0 Å². The zero-order valence-electron chi connectivity index (χ0n) is 12.2. The number of hydrogen-bond acceptors (Lipinski definition) is 7. The smallest absolute Gasteiger partial charge is 1.00 e. The van der Waals surface area contributed by atoms with Crippen LogP contribution in [-0.2, 0) is 29.0 Å². The fourth-order valence-electron chi connectivity index (χ4n) is 0.714. The summed E-state index contributed by atoms with van der Waals surface area (Å²) in [4.78, 5) is 30.5. The van der Waals surface area contributed by atoms with Crippen LogP contribution < -0.4 is 0 Å². The molecule has 11 nitrogen and oxygen atoms in total. The van der Waals surface area contributed by atoms with Crippen LogP contribution in [0.3, 0.4) is 0 Å². The van der Waals surface area contributed by atoms with Crippen LogP contribution in [-0.4, -0.2) is 87.1 Å². The minimum atomic E-state index is -4.16. The Labute approximate surface area is 132 Å². The monoisotopic (exact) mass is 330 g/mol. The largest absolute Gasteiger partial charge is 2.00 e. The number of hydrogen-bond donors (Lipinski definition) is 5. The van der Waals surface area contributed by atoms with Crippen molar-refractivity contribution >= 4 is 51.4 Å². The minimum absolute atomic E-state index is 0. The Morgan fingerprint density at radius 2 is 1.35 bits per heavy atom. The summed E-state index contributed by atoms with van der Waals surface area (Å²) < 4.78 is 29.7. The van der Waals surface area contributed by atoms with E-state index >= 15 is 0 Å². The first-order valence-electron chi connectivity index (χ1n) is 4.26. The molecule has 0 aliphatic carbocycles. The zero-order valence-corrected chi connectivity index (χ0v) is 12.4. The van der Waals surface area contributed by atoms with Gasteiger partial charge in [-0.05, 0) is 0 Å². The molecule has 0 heterocycles. The molecular formula is C7H14MgO11S. The van der Waals surface area contributed by atoms with Gasteiger partial charge >= 0.3 is 51.4 Å². The molecule has 0 spiro atoms. The number of aliphatic hydroxyl groups is 1. The van der Waals surface area contributed by atoms with E-state index in [1.54, 1.807) is 0 Å². The maximum Gasteiger partial charge on any atom is 2.00 e. The first kappa shape index (κ1) is 24.1. The second-order valence-corrected chi connectivity index (χ2v) is 4.26. The summed E-state index contributed by atoms with van der Waals surface area (Å²) in [7, 11) is -3.29. The molecule has 0 aromatic rings. The molecule has 0 aliphatic rings. The second-order valence-electron chi connectivity index (χ2n) is 3.07. The Balaban J connectivity index is -0.0000000933. The van der Waals surface area contributed by atoms with Gasteiger partial charge in [-0.2, -0.15) is 8.42 Å². The number of aliphatic carboxylic acids is 3. The standard InChI is InChI=1S/C6H8O7.CH4O4S.Mg.2H/c7-3(8)1-6(13,5(11)12)2-4(9)10;1-5-6(2,3)4;;;/h13H,1-2H2,(H,7,8)(H,9,10)(H,11,12);1H3,(H,2,3,4);;;/q;;+2;2*-1. The van der Waals surface area contributed by atoms with E-state index in [2.05, 4.69) is 4.18 Å². The molecule has 0 saturated carbocycles. The van der Waals surface area contributed by atoms with Crippen molar-refractivity contribution in [2.75, 3.05) is 7.11 Å². The predicted molar refractivity (Wildman–Crippen MR) is 63.6 cm³/mol. The Bertz CT molecular complexity index is 435. The number of carboxylic acids is 3. The zero-order chi connectivity index (χ0) is 15.9. The first-order chi connectivity index (χ1) is 8.34. The SMILES string of the molecule is COS(=O)(=O)O.O=C(O)CC(O)(CC(=O)O)C(=O)O.[H-].[H-].[Mg+2]. The van der Waals surface area contributed by atoms with Gasteiger partial charge in [0.25, 0.3) is 0 Å². The molecule has 0 aliphatic heterocycles. The van der Waals surface area contributed by atoms with Gasteiger partial charge in [-0.25, -0.2) is 4.79 Å². The second kappa shape index (κ2) is 9.84. The van der Waals surface area contributed by atoms with E-state index < -0.39 is 46.7 Å². The van der Waals surface area contributed by atoms with Gasteiger partial charge in [-0.3, -0.25) is 18.3 Å². The Hall–Kier alpha value is -0.994. The Kier molecular flexibility index (Phi) is 11.8. The van der Waals surface area contributed by atoms with Gasteiger partial charge in [0.15, 0.2) is 5.60 Å². The van der Waals surface area contributed by atoms with Crippen LogP contribution in [0.25, 0.3) is 0 Å². The first-order valence-corrected chi connectivity index (χ1v) is 5.63. The quantitative estimate of drug-likeness (QED) is 0.267. The van der Waals surface area contributed by atoms with Gasteiger partial charge in [0.2, 0.25) is 0 Å². The maximum atomic E-state index is 10.3. The average Bonchev–Trinajstić information content (AvgIpc) is 2.14. The molecule has 116 valence electrons. The molecule has 0 aromatic carbocycles. The summed E-state index contributed by atoms with van der Waals surface area (Å²) in [5.74, 6) is -5.02. The maximum absolute atomic E-state index is 10.3. The fourth-order valence-corrected chi connectivity index (χ4v) is 0.714. The molecule has 0 radical (unpaired) electrons. The van der Waals surface area contributed by atoms with Gasteiger partial charge in [0.1, 0.15) is 0 Å². The van der Waals surface area contributed by atoms with Crippen molar-refractivity contribution in [1.82, 2.24) is 0 Å². The molecule has 13 heteroatoms. The van der Waals surface area contributed by atoms with Crippen LogP contribution in [0.15, 0.2) is 0 Å². The molecule has 0 aromatic heterocycles. The number of carboxylic acid groups (broad SMARTS) is 3. The van der Waals surface area contributed by atoms with Crippen LogP contribution in [0.2, 0.25) is 0 Å². The van der Waals surface area contributed by atoms with Crippen molar-refractivity contribution in [2.45, 2.75) is 18.4 Å². The molecule has 0 rings (SSSR count). The Morgan fingerprint density at radius 3 is 1.45 bits per heavy atom. The fraction of sp³-hybridized carbons (Fsp3) is 0.571. The van der Waals surface area contributed by atoms with E-state index in [9.17, 15) is 22.8 Å². The predicted octanol–water partition coefficient (Wildman–Crippen LogP) is -1.97. The summed E-state index contributed by atoms with van der Waals surface area (Å²) in [5, 5.41) is 33.8. The van der Waals surface area contributed by atoms with Crippen LogP contribution >= 0.6 is 0 Å². The van der Waals surface area contributed by atoms with E-state index in [-0.39, 0.29) is 25.9 Å². The van der Waals surface area contributed by atoms with Gasteiger partial charge < -0.3 is 23.3 Å². The van der Waals surface area contributed by atoms with E-state index in [1.165, 1.54) is 0 Å². The Morgan fingerprint density at radius 1 is 1.10 bits per heavy atom.